The van der Waals surface area contributed by atoms with Crippen LogP contribution < -0.4 is 4.74 Å². The van der Waals surface area contributed by atoms with Gasteiger partial charge in [-0.25, -0.2) is 18.4 Å². The first-order chi connectivity index (χ1) is 20.0. The Morgan fingerprint density at radius 3 is 2.81 bits per heavy atom. The van der Waals surface area contributed by atoms with Crippen LogP contribution in [0.15, 0.2) is 47.8 Å². The minimum atomic E-state index is -3.12. The van der Waals surface area contributed by atoms with Crippen molar-refractivity contribution in [2.45, 2.75) is 51.3 Å². The summed E-state index contributed by atoms with van der Waals surface area (Å²) in [6, 6.07) is 12.6. The number of halogens is 2. The number of hydrogen-bond acceptors (Lipinski definition) is 8. The lowest BCUT2D eigenvalue weighted by molar-refractivity contribution is -0.137. The number of aliphatic carboxylic acids is 1. The second kappa shape index (κ2) is 10.6. The number of aryl methyl sites for hydroxylation is 2. The van der Waals surface area contributed by atoms with Crippen LogP contribution in [0.5, 0.6) is 11.6 Å². The number of hydrogen-bond donors (Lipinski definition) is 2. The molecule has 9 nitrogen and oxygen atoms in total. The second-order valence-corrected chi connectivity index (χ2v) is 11.8. The summed E-state index contributed by atoms with van der Waals surface area (Å²) < 4.78 is 37.6. The van der Waals surface area contributed by atoms with Crippen molar-refractivity contribution in [1.29, 1.82) is 0 Å². The van der Waals surface area contributed by atoms with Crippen LogP contribution in [0.1, 0.15) is 47.2 Å². The predicted octanol–water partition coefficient (Wildman–Crippen LogP) is 5.62. The summed E-state index contributed by atoms with van der Waals surface area (Å²) in [6.07, 6.45) is -1.56. The lowest BCUT2D eigenvalue weighted by atomic mass is 9.84. The highest BCUT2D eigenvalue weighted by atomic mass is 32.1. The van der Waals surface area contributed by atoms with Gasteiger partial charge in [0, 0.05) is 50.3 Å². The van der Waals surface area contributed by atoms with Gasteiger partial charge in [0.2, 0.25) is 5.88 Å². The number of alkyl halides is 2. The molecule has 2 N–H and O–H groups in total. The zero-order valence-electron chi connectivity index (χ0n) is 23.2. The van der Waals surface area contributed by atoms with Crippen molar-refractivity contribution >= 4 is 38.4 Å². The number of pyridine rings is 1. The summed E-state index contributed by atoms with van der Waals surface area (Å²) in [5, 5.41) is 31.2. The number of carboxylic acid groups (broad SMARTS) is 1. The summed E-state index contributed by atoms with van der Waals surface area (Å²) in [5.74, 6) is -4.54. The van der Waals surface area contributed by atoms with Gasteiger partial charge in [-0.1, -0.05) is 17.3 Å². The normalized spacial score (nSPS) is 16.7. The average molecular weight is 594 g/mol. The monoisotopic (exact) mass is 593 g/mol. The van der Waals surface area contributed by atoms with Crippen LogP contribution in [-0.2, 0) is 24.9 Å². The maximum Gasteiger partial charge on any atom is 0.304 e. The Balaban J connectivity index is 1.43. The molecular weight excluding hydrogens is 564 g/mol. The topological polar surface area (TPSA) is 114 Å². The van der Waals surface area contributed by atoms with Gasteiger partial charge in [-0.15, -0.1) is 16.4 Å². The van der Waals surface area contributed by atoms with Crippen molar-refractivity contribution in [2.24, 2.45) is 7.05 Å². The van der Waals surface area contributed by atoms with Gasteiger partial charge in [0.25, 0.3) is 5.92 Å². The first kappa shape index (κ1) is 28.0. The highest BCUT2D eigenvalue weighted by Gasteiger charge is 2.40. The minimum Gasteiger partial charge on any atom is -0.493 e. The lowest BCUT2D eigenvalue weighted by Gasteiger charge is -2.28. The number of rotatable bonds is 7. The molecule has 0 saturated carbocycles. The molecule has 0 radical (unpaired) electrons. The van der Waals surface area contributed by atoms with Gasteiger partial charge in [0.15, 0.2) is 6.10 Å². The number of benzene rings is 2. The Hall–Kier alpha value is -4.16. The van der Waals surface area contributed by atoms with Crippen molar-refractivity contribution in [3.05, 3.63) is 75.8 Å². The molecule has 0 spiro atoms. The standard InChI is InChI=1S/C30H29F2N5O4S/c1-16-20(4-5-23-28(16)34-35-36(23)3)21(12-27(39)40)18-10-17-8-9-42-29(17)19(11-18)13-37-14-22-24(6-7-26(38)33-22)41-25(15-37)30(2,31)32/h4-11,21,25H,12-15H2,1-3H3,(H,33,38)(H,39,40)/t21?,25-/m0/s1. The van der Waals surface area contributed by atoms with Gasteiger partial charge in [0.1, 0.15) is 17.0 Å². The van der Waals surface area contributed by atoms with E-state index in [1.54, 1.807) is 16.0 Å². The molecule has 5 aromatic rings. The van der Waals surface area contributed by atoms with Crippen LogP contribution >= 0.6 is 11.3 Å². The zero-order chi connectivity index (χ0) is 29.8. The number of thiophene rings is 1. The van der Waals surface area contributed by atoms with Crippen molar-refractivity contribution in [1.82, 2.24) is 24.9 Å². The van der Waals surface area contributed by atoms with Gasteiger partial charge in [0.05, 0.1) is 11.9 Å². The first-order valence-corrected chi connectivity index (χ1v) is 14.3. The molecule has 0 saturated heterocycles. The van der Waals surface area contributed by atoms with Gasteiger partial charge < -0.3 is 14.9 Å². The van der Waals surface area contributed by atoms with E-state index in [1.807, 2.05) is 54.6 Å². The quantitative estimate of drug-likeness (QED) is 0.250. The molecule has 0 aliphatic carbocycles. The Morgan fingerprint density at radius 2 is 2.05 bits per heavy atom. The van der Waals surface area contributed by atoms with Crippen LogP contribution in [0.3, 0.4) is 0 Å². The van der Waals surface area contributed by atoms with E-state index in [9.17, 15) is 23.8 Å². The number of carbonyl (C=O) groups is 1. The van der Waals surface area contributed by atoms with Crippen molar-refractivity contribution < 1.29 is 28.5 Å². The van der Waals surface area contributed by atoms with Gasteiger partial charge in [-0.05, 0) is 64.2 Å². The summed E-state index contributed by atoms with van der Waals surface area (Å²) >= 11 is 1.54. The number of nitrogens with zero attached hydrogens (tertiary/aromatic N) is 5. The van der Waals surface area contributed by atoms with Crippen LogP contribution in [0.2, 0.25) is 0 Å². The third kappa shape index (κ3) is 5.27. The first-order valence-electron chi connectivity index (χ1n) is 13.4. The average Bonchev–Trinajstić information content (AvgIpc) is 3.50. The fourth-order valence-corrected chi connectivity index (χ4v) is 6.62. The molecule has 0 amide bonds. The molecule has 4 heterocycles. The number of aromatic hydroxyl groups is 1. The highest BCUT2D eigenvalue weighted by Crippen LogP contribution is 2.38. The van der Waals surface area contributed by atoms with Crippen molar-refractivity contribution in [2.75, 3.05) is 6.54 Å². The Bertz CT molecular complexity index is 1820. The van der Waals surface area contributed by atoms with Crippen molar-refractivity contribution in [3.8, 4) is 11.6 Å². The van der Waals surface area contributed by atoms with Crippen LogP contribution in [0.25, 0.3) is 21.1 Å². The number of carboxylic acids is 1. The van der Waals surface area contributed by atoms with Gasteiger partial charge in [-0.2, -0.15) is 0 Å². The molecule has 0 bridgehead atoms. The fraction of sp³-hybridized carbons (Fsp3) is 0.333. The Labute approximate surface area is 244 Å². The van der Waals surface area contributed by atoms with E-state index in [2.05, 4.69) is 15.3 Å². The number of ether oxygens (including phenoxy) is 1. The van der Waals surface area contributed by atoms with E-state index >= 15 is 0 Å². The largest absolute Gasteiger partial charge is 0.493 e. The Morgan fingerprint density at radius 1 is 1.24 bits per heavy atom. The number of fused-ring (bicyclic) bond motifs is 3. The van der Waals surface area contributed by atoms with E-state index in [0.29, 0.717) is 17.8 Å². The van der Waals surface area contributed by atoms with E-state index in [4.69, 9.17) is 4.74 Å². The molecule has 42 heavy (non-hydrogen) atoms. The molecule has 6 rings (SSSR count). The molecule has 0 fully saturated rings. The summed E-state index contributed by atoms with van der Waals surface area (Å²) in [5.41, 5.74) is 5.33. The molecule has 218 valence electrons. The van der Waals surface area contributed by atoms with E-state index in [1.165, 1.54) is 12.1 Å². The van der Waals surface area contributed by atoms with E-state index < -0.39 is 23.9 Å². The second-order valence-electron chi connectivity index (χ2n) is 10.9. The van der Waals surface area contributed by atoms with Crippen LogP contribution in [0.4, 0.5) is 8.78 Å². The smallest absolute Gasteiger partial charge is 0.304 e. The predicted molar refractivity (Wildman–Crippen MR) is 154 cm³/mol. The third-order valence-corrected chi connectivity index (χ3v) is 8.84. The molecular formula is C30H29F2N5O4S. The maximum absolute atomic E-state index is 14.6. The molecule has 12 heteroatoms. The molecule has 2 atom stereocenters. The summed E-state index contributed by atoms with van der Waals surface area (Å²) in [4.78, 5) is 18.1. The van der Waals surface area contributed by atoms with E-state index in [0.717, 1.165) is 44.8 Å². The SMILES string of the molecule is Cc1c(C(CC(=O)O)c2cc(CN3Cc4nc(O)ccc4O[C@H](C(C)(F)F)C3)c3sccc3c2)ccc2c1nnn2C. The zero-order valence-corrected chi connectivity index (χ0v) is 24.0. The van der Waals surface area contributed by atoms with Gasteiger partial charge in [-0.3, -0.25) is 9.69 Å². The maximum atomic E-state index is 14.6. The highest BCUT2D eigenvalue weighted by molar-refractivity contribution is 7.17. The van der Waals surface area contributed by atoms with Crippen LogP contribution in [0, 0.1) is 6.92 Å². The lowest BCUT2D eigenvalue weighted by Crippen LogP contribution is -2.43. The number of aromatic nitrogens is 4. The molecule has 1 aliphatic heterocycles. The van der Waals surface area contributed by atoms with Crippen LogP contribution in [-0.4, -0.2) is 59.6 Å². The fourth-order valence-electron chi connectivity index (χ4n) is 5.73. The summed E-state index contributed by atoms with van der Waals surface area (Å²) in [6.45, 7) is 3.17. The van der Waals surface area contributed by atoms with Gasteiger partial charge >= 0.3 is 5.97 Å². The molecule has 2 aromatic carbocycles. The minimum absolute atomic E-state index is 0.0707. The summed E-state index contributed by atoms with van der Waals surface area (Å²) in [7, 11) is 1.81. The van der Waals surface area contributed by atoms with E-state index in [-0.39, 0.29) is 31.1 Å². The Kier molecular flexibility index (Phi) is 7.06. The molecule has 3 aromatic heterocycles. The molecule has 1 unspecified atom stereocenters. The molecule has 1 aliphatic rings. The third-order valence-electron chi connectivity index (χ3n) is 7.83. The van der Waals surface area contributed by atoms with Crippen molar-refractivity contribution in [3.63, 3.8) is 0 Å².